The zero-order valence-corrected chi connectivity index (χ0v) is 11.7. The van der Waals surface area contributed by atoms with Gasteiger partial charge in [-0.3, -0.25) is 10.1 Å². The van der Waals surface area contributed by atoms with E-state index in [1.165, 1.54) is 25.0 Å². The van der Waals surface area contributed by atoms with Gasteiger partial charge in [0.25, 0.3) is 5.69 Å². The molecule has 1 fully saturated rings. The largest absolute Gasteiger partial charge is 0.356 e. The molecule has 0 bridgehead atoms. The molecule has 2 heterocycles. The number of hydrazine groups is 1. The fourth-order valence-corrected chi connectivity index (χ4v) is 2.65. The van der Waals surface area contributed by atoms with Crippen molar-refractivity contribution in [3.8, 4) is 0 Å². The third-order valence-corrected chi connectivity index (χ3v) is 3.90. The molecule has 110 valence electrons. The Labute approximate surface area is 118 Å². The summed E-state index contributed by atoms with van der Waals surface area (Å²) in [5, 5.41) is 11.0. The van der Waals surface area contributed by atoms with E-state index in [0.717, 1.165) is 31.8 Å². The number of hydrogen-bond donors (Lipinski definition) is 2. The van der Waals surface area contributed by atoms with E-state index in [4.69, 9.17) is 5.84 Å². The van der Waals surface area contributed by atoms with Crippen molar-refractivity contribution in [2.75, 3.05) is 23.4 Å². The summed E-state index contributed by atoms with van der Waals surface area (Å²) in [4.78, 5) is 17.0. The summed E-state index contributed by atoms with van der Waals surface area (Å²) in [6.45, 7) is 3.98. The first-order valence-electron chi connectivity index (χ1n) is 7.02. The zero-order chi connectivity index (χ0) is 14.5. The maximum Gasteiger partial charge on any atom is 0.276 e. The van der Waals surface area contributed by atoms with Gasteiger partial charge in [0.15, 0.2) is 0 Å². The lowest BCUT2D eigenvalue weighted by Gasteiger charge is -2.22. The van der Waals surface area contributed by atoms with E-state index in [1.54, 1.807) is 0 Å². The van der Waals surface area contributed by atoms with Gasteiger partial charge in [-0.25, -0.2) is 10.8 Å². The predicted octanol–water partition coefficient (Wildman–Crippen LogP) is 2.29. The predicted molar refractivity (Wildman–Crippen MR) is 78.5 cm³/mol. The number of nitro groups is 1. The molecule has 3 N–H and O–H groups in total. The maximum absolute atomic E-state index is 11.0. The average molecular weight is 279 g/mol. The summed E-state index contributed by atoms with van der Waals surface area (Å²) in [6.07, 6.45) is 4.59. The van der Waals surface area contributed by atoms with E-state index in [1.807, 2.05) is 0 Å². The molecule has 0 spiro atoms. The minimum Gasteiger partial charge on any atom is -0.356 e. The maximum atomic E-state index is 11.0. The van der Waals surface area contributed by atoms with E-state index in [2.05, 4.69) is 22.2 Å². The van der Waals surface area contributed by atoms with Gasteiger partial charge in [-0.1, -0.05) is 13.3 Å². The minimum atomic E-state index is -0.418. The second-order valence-electron chi connectivity index (χ2n) is 5.16. The Morgan fingerprint density at radius 2 is 2.30 bits per heavy atom. The van der Waals surface area contributed by atoms with Crippen molar-refractivity contribution < 1.29 is 4.92 Å². The molecule has 0 aromatic carbocycles. The fourth-order valence-electron chi connectivity index (χ4n) is 2.65. The highest BCUT2D eigenvalue weighted by atomic mass is 16.6. The van der Waals surface area contributed by atoms with Crippen molar-refractivity contribution in [2.45, 2.75) is 32.6 Å². The molecule has 7 heteroatoms. The third kappa shape index (κ3) is 3.36. The van der Waals surface area contributed by atoms with Gasteiger partial charge in [0.1, 0.15) is 11.6 Å². The Hall–Kier alpha value is -1.89. The van der Waals surface area contributed by atoms with E-state index in [0.29, 0.717) is 11.6 Å². The van der Waals surface area contributed by atoms with Crippen molar-refractivity contribution >= 4 is 17.3 Å². The summed E-state index contributed by atoms with van der Waals surface area (Å²) in [5.74, 6) is 7.03. The molecule has 1 aliphatic rings. The van der Waals surface area contributed by atoms with Gasteiger partial charge < -0.3 is 10.3 Å². The van der Waals surface area contributed by atoms with E-state index in [9.17, 15) is 10.1 Å². The van der Waals surface area contributed by atoms with Crippen LogP contribution < -0.4 is 16.2 Å². The van der Waals surface area contributed by atoms with Crippen LogP contribution in [0.5, 0.6) is 0 Å². The highest BCUT2D eigenvalue weighted by Crippen LogP contribution is 2.27. The van der Waals surface area contributed by atoms with Crippen LogP contribution in [-0.2, 0) is 0 Å². The molecule has 1 unspecified atom stereocenters. The molecule has 1 saturated heterocycles. The van der Waals surface area contributed by atoms with Crippen molar-refractivity contribution in [3.05, 3.63) is 22.2 Å². The van der Waals surface area contributed by atoms with Crippen LogP contribution in [0.4, 0.5) is 17.3 Å². The van der Waals surface area contributed by atoms with Crippen LogP contribution in [0.2, 0.25) is 0 Å². The standard InChI is InChI=1S/C13H21N5O2/c1-2-10-4-3-6-17(7-5-10)13-9-11(18(19)20)8-12(15-13)16-14/h8-10H,2-7,14H2,1H3,(H,15,16). The Morgan fingerprint density at radius 1 is 1.50 bits per heavy atom. The number of rotatable bonds is 4. The quantitative estimate of drug-likeness (QED) is 0.498. The molecular weight excluding hydrogens is 258 g/mol. The van der Waals surface area contributed by atoms with Crippen molar-refractivity contribution in [1.82, 2.24) is 4.98 Å². The van der Waals surface area contributed by atoms with Crippen LogP contribution in [0.1, 0.15) is 32.6 Å². The summed E-state index contributed by atoms with van der Waals surface area (Å²) >= 11 is 0. The van der Waals surface area contributed by atoms with Crippen LogP contribution in [-0.4, -0.2) is 23.0 Å². The molecular formula is C13H21N5O2. The molecule has 0 saturated carbocycles. The van der Waals surface area contributed by atoms with Gasteiger partial charge in [-0.15, -0.1) is 0 Å². The Bertz CT molecular complexity index is 480. The third-order valence-electron chi connectivity index (χ3n) is 3.90. The van der Waals surface area contributed by atoms with E-state index in [-0.39, 0.29) is 5.69 Å². The van der Waals surface area contributed by atoms with Crippen molar-refractivity contribution in [1.29, 1.82) is 0 Å². The summed E-state index contributed by atoms with van der Waals surface area (Å²) in [7, 11) is 0. The smallest absolute Gasteiger partial charge is 0.276 e. The number of hydrogen-bond acceptors (Lipinski definition) is 6. The molecule has 7 nitrogen and oxygen atoms in total. The SMILES string of the molecule is CCC1CCCN(c2cc([N+](=O)[O-])cc(NN)n2)CC1. The second kappa shape index (κ2) is 6.51. The molecule has 0 radical (unpaired) electrons. The van der Waals surface area contributed by atoms with Crippen LogP contribution in [0.15, 0.2) is 12.1 Å². The molecule has 1 aromatic heterocycles. The Morgan fingerprint density at radius 3 is 2.95 bits per heavy atom. The number of nitrogens with two attached hydrogens (primary N) is 1. The first kappa shape index (κ1) is 14.5. The van der Waals surface area contributed by atoms with Gasteiger partial charge in [-0.05, 0) is 25.2 Å². The highest BCUT2D eigenvalue weighted by Gasteiger charge is 2.19. The monoisotopic (exact) mass is 279 g/mol. The number of anilines is 2. The first-order chi connectivity index (χ1) is 9.63. The number of nitrogen functional groups attached to an aromatic ring is 1. The van der Waals surface area contributed by atoms with Gasteiger partial charge >= 0.3 is 0 Å². The fraction of sp³-hybridized carbons (Fsp3) is 0.615. The normalized spacial score (nSPS) is 19.5. The van der Waals surface area contributed by atoms with Gasteiger partial charge in [0, 0.05) is 13.1 Å². The number of pyridine rings is 1. The molecule has 0 amide bonds. The second-order valence-corrected chi connectivity index (χ2v) is 5.16. The zero-order valence-electron chi connectivity index (χ0n) is 11.7. The summed E-state index contributed by atoms with van der Waals surface area (Å²) in [5.41, 5.74) is 2.41. The molecule has 1 aliphatic heterocycles. The highest BCUT2D eigenvalue weighted by molar-refractivity contribution is 5.55. The number of aromatic nitrogens is 1. The Balaban J connectivity index is 2.22. The summed E-state index contributed by atoms with van der Waals surface area (Å²) < 4.78 is 0. The molecule has 2 rings (SSSR count). The first-order valence-corrected chi connectivity index (χ1v) is 7.02. The minimum absolute atomic E-state index is 0.0132. The van der Waals surface area contributed by atoms with Crippen LogP contribution in [0.25, 0.3) is 0 Å². The lowest BCUT2D eigenvalue weighted by molar-refractivity contribution is -0.384. The van der Waals surface area contributed by atoms with Crippen molar-refractivity contribution in [3.63, 3.8) is 0 Å². The Kier molecular flexibility index (Phi) is 4.73. The lowest BCUT2D eigenvalue weighted by Crippen LogP contribution is -2.26. The van der Waals surface area contributed by atoms with Gasteiger partial charge in [0.05, 0.1) is 17.1 Å². The molecule has 1 aromatic rings. The topological polar surface area (TPSA) is 97.3 Å². The van der Waals surface area contributed by atoms with Crippen LogP contribution in [0, 0.1) is 16.0 Å². The number of nitrogens with zero attached hydrogens (tertiary/aromatic N) is 3. The molecule has 0 aliphatic carbocycles. The van der Waals surface area contributed by atoms with Crippen molar-refractivity contribution in [2.24, 2.45) is 11.8 Å². The molecule has 1 atom stereocenters. The van der Waals surface area contributed by atoms with Crippen LogP contribution in [0.3, 0.4) is 0 Å². The summed E-state index contributed by atoms with van der Waals surface area (Å²) in [6, 6.07) is 2.86. The lowest BCUT2D eigenvalue weighted by atomic mass is 9.98. The van der Waals surface area contributed by atoms with E-state index >= 15 is 0 Å². The van der Waals surface area contributed by atoms with Gasteiger partial charge in [0.2, 0.25) is 0 Å². The number of nitrogens with one attached hydrogen (secondary N) is 1. The van der Waals surface area contributed by atoms with E-state index < -0.39 is 4.92 Å². The molecule has 20 heavy (non-hydrogen) atoms. The van der Waals surface area contributed by atoms with Crippen LogP contribution >= 0.6 is 0 Å². The van der Waals surface area contributed by atoms with Gasteiger partial charge in [-0.2, -0.15) is 0 Å². The average Bonchev–Trinajstić information content (AvgIpc) is 2.72.